The van der Waals surface area contributed by atoms with Crippen LogP contribution in [0.5, 0.6) is 0 Å². The van der Waals surface area contributed by atoms with Gasteiger partial charge in [0.05, 0.1) is 6.04 Å². The number of fused-ring (bicyclic) bond motifs is 2. The fourth-order valence-corrected chi connectivity index (χ4v) is 5.16. The molecule has 1 aromatic carbocycles. The molecule has 206 valence electrons. The Labute approximate surface area is 230 Å². The standard InChI is InChI=1S/C27H33N7O4S/c1-2-19-25(37)32-21(15-18-9-4-3-5-10-18)27-33-22(17-39-27)24(36)28-12-7-6-11-20(26(38)31-19)30-23(35)16-34-14-8-13-29-34/h3-5,8-10,13-14,17,19-21H,2,6-7,11-12,15-16H2,1H3,(H,28,36)(H,30,35)(H,31,38)(H,32,37)/t19-,20+,21+/m1/s1. The lowest BCUT2D eigenvalue weighted by molar-refractivity contribution is -0.132. The Balaban J connectivity index is 1.54. The third kappa shape index (κ3) is 7.96. The molecule has 0 unspecified atom stereocenters. The summed E-state index contributed by atoms with van der Waals surface area (Å²) in [5.41, 5.74) is 1.30. The Morgan fingerprint density at radius 3 is 2.62 bits per heavy atom. The molecule has 1 aliphatic heterocycles. The Morgan fingerprint density at radius 1 is 1.08 bits per heavy atom. The number of carbonyl (C=O) groups is 4. The lowest BCUT2D eigenvalue weighted by Crippen LogP contribution is -2.54. The van der Waals surface area contributed by atoms with Gasteiger partial charge in [-0.2, -0.15) is 5.10 Å². The molecule has 0 radical (unpaired) electrons. The molecule has 1 aliphatic rings. The van der Waals surface area contributed by atoms with Gasteiger partial charge in [-0.3, -0.25) is 23.9 Å². The molecular formula is C27H33N7O4S. The molecule has 2 bridgehead atoms. The van der Waals surface area contributed by atoms with E-state index in [2.05, 4.69) is 31.3 Å². The number of nitrogens with zero attached hydrogens (tertiary/aromatic N) is 3. The molecule has 0 saturated heterocycles. The average molecular weight is 552 g/mol. The Kier molecular flexibility index (Phi) is 9.79. The van der Waals surface area contributed by atoms with Gasteiger partial charge >= 0.3 is 0 Å². The first-order chi connectivity index (χ1) is 18.9. The lowest BCUT2D eigenvalue weighted by Gasteiger charge is -2.25. The number of benzene rings is 1. The second-order valence-corrected chi connectivity index (χ2v) is 10.3. The topological polar surface area (TPSA) is 147 Å². The fraction of sp³-hybridized carbons (Fsp3) is 0.407. The first kappa shape index (κ1) is 28.0. The molecule has 0 fully saturated rings. The summed E-state index contributed by atoms with van der Waals surface area (Å²) >= 11 is 1.31. The van der Waals surface area contributed by atoms with Gasteiger partial charge in [-0.25, -0.2) is 4.98 Å². The van der Waals surface area contributed by atoms with Gasteiger partial charge in [0, 0.05) is 24.3 Å². The zero-order chi connectivity index (χ0) is 27.6. The smallest absolute Gasteiger partial charge is 0.270 e. The summed E-state index contributed by atoms with van der Waals surface area (Å²) in [6.45, 7) is 2.19. The van der Waals surface area contributed by atoms with E-state index in [0.29, 0.717) is 49.4 Å². The fourth-order valence-electron chi connectivity index (χ4n) is 4.32. The van der Waals surface area contributed by atoms with E-state index in [1.807, 2.05) is 37.3 Å². The van der Waals surface area contributed by atoms with Crippen molar-refractivity contribution in [2.24, 2.45) is 0 Å². The van der Waals surface area contributed by atoms with Gasteiger partial charge in [-0.05, 0) is 43.7 Å². The van der Waals surface area contributed by atoms with Crippen LogP contribution in [0, 0.1) is 0 Å². The maximum Gasteiger partial charge on any atom is 0.270 e. The van der Waals surface area contributed by atoms with Gasteiger partial charge in [-0.15, -0.1) is 11.3 Å². The maximum absolute atomic E-state index is 13.4. The molecule has 3 atom stereocenters. The van der Waals surface area contributed by atoms with Crippen LogP contribution in [0.1, 0.15) is 59.7 Å². The highest BCUT2D eigenvalue weighted by molar-refractivity contribution is 7.09. The maximum atomic E-state index is 13.4. The number of hydrogen-bond acceptors (Lipinski definition) is 7. The van der Waals surface area contributed by atoms with Crippen LogP contribution in [0.2, 0.25) is 0 Å². The molecule has 4 N–H and O–H groups in total. The van der Waals surface area contributed by atoms with E-state index in [-0.39, 0.29) is 24.3 Å². The van der Waals surface area contributed by atoms with E-state index in [0.717, 1.165) is 5.56 Å². The van der Waals surface area contributed by atoms with Crippen molar-refractivity contribution >= 4 is 35.0 Å². The van der Waals surface area contributed by atoms with Crippen LogP contribution >= 0.6 is 11.3 Å². The second-order valence-electron chi connectivity index (χ2n) is 9.37. The molecular weight excluding hydrogens is 518 g/mol. The van der Waals surface area contributed by atoms with E-state index in [9.17, 15) is 19.2 Å². The predicted molar refractivity (Wildman–Crippen MR) is 146 cm³/mol. The first-order valence-corrected chi connectivity index (χ1v) is 14.0. The number of carbonyl (C=O) groups excluding carboxylic acids is 4. The Morgan fingerprint density at radius 2 is 1.87 bits per heavy atom. The molecule has 4 amide bonds. The minimum atomic E-state index is -0.836. The van der Waals surface area contributed by atoms with Crippen LogP contribution in [0.25, 0.3) is 0 Å². The zero-order valence-corrected chi connectivity index (χ0v) is 22.6. The minimum absolute atomic E-state index is 0.0272. The van der Waals surface area contributed by atoms with E-state index in [4.69, 9.17) is 0 Å². The number of nitrogens with one attached hydrogen (secondary N) is 4. The number of rotatable bonds is 6. The number of aromatic nitrogens is 3. The zero-order valence-electron chi connectivity index (χ0n) is 21.8. The summed E-state index contributed by atoms with van der Waals surface area (Å²) in [5.74, 6) is -1.44. The van der Waals surface area contributed by atoms with Crippen LogP contribution in [0.3, 0.4) is 0 Å². The summed E-state index contributed by atoms with van der Waals surface area (Å²) in [5, 5.41) is 17.8. The van der Waals surface area contributed by atoms with E-state index >= 15 is 0 Å². The summed E-state index contributed by atoms with van der Waals surface area (Å²) in [6, 6.07) is 9.25. The van der Waals surface area contributed by atoms with Crippen molar-refractivity contribution in [3.05, 3.63) is 70.4 Å². The molecule has 0 aliphatic carbocycles. The largest absolute Gasteiger partial charge is 0.351 e. The van der Waals surface area contributed by atoms with Gasteiger partial charge in [0.15, 0.2) is 0 Å². The third-order valence-electron chi connectivity index (χ3n) is 6.41. The van der Waals surface area contributed by atoms with Crippen molar-refractivity contribution in [3.63, 3.8) is 0 Å². The van der Waals surface area contributed by atoms with Crippen LogP contribution in [0.4, 0.5) is 0 Å². The molecule has 12 heteroatoms. The van der Waals surface area contributed by atoms with Crippen molar-refractivity contribution in [2.75, 3.05) is 6.54 Å². The minimum Gasteiger partial charge on any atom is -0.351 e. The Hall–Kier alpha value is -4.06. The molecule has 39 heavy (non-hydrogen) atoms. The average Bonchev–Trinajstić information content (AvgIpc) is 3.63. The monoisotopic (exact) mass is 551 g/mol. The second kappa shape index (κ2) is 13.7. The normalized spacial score (nSPS) is 20.9. The van der Waals surface area contributed by atoms with Gasteiger partial charge in [0.1, 0.15) is 29.3 Å². The Bertz CT molecular complexity index is 1260. The highest BCUT2D eigenvalue weighted by atomic mass is 32.1. The summed E-state index contributed by atoms with van der Waals surface area (Å²) < 4.78 is 1.47. The van der Waals surface area contributed by atoms with Crippen LogP contribution < -0.4 is 21.3 Å². The van der Waals surface area contributed by atoms with Crippen molar-refractivity contribution < 1.29 is 19.2 Å². The van der Waals surface area contributed by atoms with Crippen LogP contribution in [-0.4, -0.2) is 57.0 Å². The molecule has 11 nitrogen and oxygen atoms in total. The van der Waals surface area contributed by atoms with Gasteiger partial charge in [0.2, 0.25) is 17.7 Å². The van der Waals surface area contributed by atoms with Crippen molar-refractivity contribution in [3.8, 4) is 0 Å². The molecule has 2 aromatic heterocycles. The third-order valence-corrected chi connectivity index (χ3v) is 7.37. The summed E-state index contributed by atoms with van der Waals surface area (Å²) in [4.78, 5) is 56.5. The van der Waals surface area contributed by atoms with Crippen LogP contribution in [-0.2, 0) is 27.3 Å². The number of amides is 4. The van der Waals surface area contributed by atoms with Crippen molar-refractivity contribution in [1.29, 1.82) is 0 Å². The van der Waals surface area contributed by atoms with E-state index < -0.39 is 24.0 Å². The lowest BCUT2D eigenvalue weighted by atomic mass is 10.0. The number of hydrogen-bond donors (Lipinski definition) is 4. The van der Waals surface area contributed by atoms with Gasteiger partial charge < -0.3 is 21.3 Å². The summed E-state index contributed by atoms with van der Waals surface area (Å²) in [6.07, 6.45) is 5.59. The molecule has 0 spiro atoms. The summed E-state index contributed by atoms with van der Waals surface area (Å²) in [7, 11) is 0. The SMILES string of the molecule is CC[C@H]1NC(=O)[C@@H](NC(=O)Cn2cccn2)CCCCNC(=O)c2csc(n2)[C@H](Cc2ccccc2)NC1=O. The van der Waals surface area contributed by atoms with Gasteiger partial charge in [0.25, 0.3) is 5.91 Å². The quantitative estimate of drug-likeness (QED) is 0.367. The van der Waals surface area contributed by atoms with Crippen molar-refractivity contribution in [1.82, 2.24) is 36.0 Å². The first-order valence-electron chi connectivity index (χ1n) is 13.1. The van der Waals surface area contributed by atoms with Crippen molar-refractivity contribution in [2.45, 2.75) is 63.7 Å². The van der Waals surface area contributed by atoms with E-state index in [1.165, 1.54) is 16.0 Å². The predicted octanol–water partition coefficient (Wildman–Crippen LogP) is 1.73. The number of thiazole rings is 1. The van der Waals surface area contributed by atoms with E-state index in [1.54, 1.807) is 23.8 Å². The molecule has 4 rings (SSSR count). The van der Waals surface area contributed by atoms with Crippen LogP contribution in [0.15, 0.2) is 54.2 Å². The highest BCUT2D eigenvalue weighted by Crippen LogP contribution is 2.23. The molecule has 0 saturated carbocycles. The van der Waals surface area contributed by atoms with Gasteiger partial charge in [-0.1, -0.05) is 37.3 Å². The molecule has 3 aromatic rings. The molecule has 3 heterocycles. The highest BCUT2D eigenvalue weighted by Gasteiger charge is 2.29.